The number of aliphatic imine (C=N–C) groups is 1. The topological polar surface area (TPSA) is 52.9 Å². The number of guanidine groups is 1. The molecule has 1 aromatic carbocycles. The molecule has 144 valence electrons. The number of hydrogen-bond acceptors (Lipinski definition) is 2. The minimum atomic E-state index is 0.212. The third kappa shape index (κ3) is 4.63. The molecule has 0 saturated carbocycles. The zero-order valence-corrected chi connectivity index (χ0v) is 16.8. The summed E-state index contributed by atoms with van der Waals surface area (Å²) >= 11 is 6.06. The lowest BCUT2D eigenvalue weighted by Gasteiger charge is -2.22. The second kappa shape index (κ2) is 8.48. The van der Waals surface area contributed by atoms with Crippen LogP contribution in [0.25, 0.3) is 0 Å². The lowest BCUT2D eigenvalue weighted by molar-refractivity contribution is -0.117. The fraction of sp³-hybridized carbons (Fsp3) is 0.400. The minimum Gasteiger partial charge on any atom is -0.352 e. The summed E-state index contributed by atoms with van der Waals surface area (Å²) in [6.45, 7) is 2.19. The van der Waals surface area contributed by atoms with E-state index in [4.69, 9.17) is 11.6 Å². The van der Waals surface area contributed by atoms with Crippen molar-refractivity contribution in [3.05, 3.63) is 52.8 Å². The first-order valence-corrected chi connectivity index (χ1v) is 9.47. The van der Waals surface area contributed by atoms with Gasteiger partial charge in [-0.3, -0.25) is 9.79 Å². The molecule has 1 aromatic heterocycles. The van der Waals surface area contributed by atoms with E-state index in [1.54, 1.807) is 7.05 Å². The summed E-state index contributed by atoms with van der Waals surface area (Å²) in [6.07, 6.45) is 3.49. The molecule has 7 heteroatoms. The molecule has 0 unspecified atom stereocenters. The number of benzene rings is 1. The lowest BCUT2D eigenvalue weighted by Crippen LogP contribution is -2.38. The van der Waals surface area contributed by atoms with Crippen molar-refractivity contribution in [1.82, 2.24) is 14.8 Å². The fourth-order valence-electron chi connectivity index (χ4n) is 3.32. The summed E-state index contributed by atoms with van der Waals surface area (Å²) in [5.74, 6) is 1.02. The van der Waals surface area contributed by atoms with Crippen molar-refractivity contribution < 1.29 is 4.79 Å². The Kier molecular flexibility index (Phi) is 6.06. The van der Waals surface area contributed by atoms with Crippen molar-refractivity contribution in [2.45, 2.75) is 25.9 Å². The number of anilines is 1. The van der Waals surface area contributed by atoms with Gasteiger partial charge in [-0.15, -0.1) is 0 Å². The highest BCUT2D eigenvalue weighted by atomic mass is 35.5. The van der Waals surface area contributed by atoms with E-state index in [-0.39, 0.29) is 5.91 Å². The third-order valence-electron chi connectivity index (χ3n) is 4.82. The Labute approximate surface area is 165 Å². The molecule has 0 atom stereocenters. The number of amides is 1. The maximum absolute atomic E-state index is 11.8. The first kappa shape index (κ1) is 19.3. The standard InChI is InChI=1S/C20H26ClN5O/c1-22-20(25(3)14-18-11-16(21)13-24(18)2)23-12-15-6-8-17(9-7-15)26-10-4-5-19(26)27/h6-9,11,13H,4-5,10,12,14H2,1-3H3,(H,22,23). The largest absolute Gasteiger partial charge is 0.352 e. The number of hydrogen-bond donors (Lipinski definition) is 1. The smallest absolute Gasteiger partial charge is 0.227 e. The van der Waals surface area contributed by atoms with Crippen LogP contribution in [0.4, 0.5) is 5.69 Å². The highest BCUT2D eigenvalue weighted by molar-refractivity contribution is 6.30. The Morgan fingerprint density at radius 2 is 2.07 bits per heavy atom. The zero-order chi connectivity index (χ0) is 19.4. The summed E-state index contributed by atoms with van der Waals surface area (Å²) in [5.41, 5.74) is 3.23. The van der Waals surface area contributed by atoms with Gasteiger partial charge in [0.25, 0.3) is 0 Å². The van der Waals surface area contributed by atoms with Crippen LogP contribution in [0.2, 0.25) is 5.02 Å². The molecule has 6 nitrogen and oxygen atoms in total. The summed E-state index contributed by atoms with van der Waals surface area (Å²) < 4.78 is 2.02. The quantitative estimate of drug-likeness (QED) is 0.633. The summed E-state index contributed by atoms with van der Waals surface area (Å²) in [7, 11) is 5.76. The van der Waals surface area contributed by atoms with Crippen molar-refractivity contribution >= 4 is 29.2 Å². The molecule has 1 fully saturated rings. The molecule has 2 aromatic rings. The van der Waals surface area contributed by atoms with Gasteiger partial charge in [0.2, 0.25) is 5.91 Å². The third-order valence-corrected chi connectivity index (χ3v) is 5.03. The SMILES string of the molecule is CN=C(NCc1ccc(N2CCCC2=O)cc1)N(C)Cc1cc(Cl)cn1C. The Balaban J connectivity index is 1.57. The van der Waals surface area contributed by atoms with Crippen LogP contribution in [-0.2, 0) is 24.9 Å². The van der Waals surface area contributed by atoms with Crippen LogP contribution >= 0.6 is 11.6 Å². The first-order valence-electron chi connectivity index (χ1n) is 9.10. The molecule has 1 N–H and O–H groups in total. The number of aryl methyl sites for hydroxylation is 1. The lowest BCUT2D eigenvalue weighted by atomic mass is 10.2. The normalized spacial score (nSPS) is 14.7. The first-order chi connectivity index (χ1) is 13.0. The Morgan fingerprint density at radius 3 is 2.63 bits per heavy atom. The Hall–Kier alpha value is -2.47. The molecule has 0 aliphatic carbocycles. The van der Waals surface area contributed by atoms with Gasteiger partial charge >= 0.3 is 0 Å². The van der Waals surface area contributed by atoms with Crippen LogP contribution in [-0.4, -0.2) is 42.0 Å². The summed E-state index contributed by atoms with van der Waals surface area (Å²) in [6, 6.07) is 10.1. The van der Waals surface area contributed by atoms with E-state index in [0.717, 1.165) is 40.9 Å². The molecule has 2 heterocycles. The number of aromatic nitrogens is 1. The van der Waals surface area contributed by atoms with Crippen LogP contribution in [0.5, 0.6) is 0 Å². The Bertz CT molecular complexity index is 827. The monoisotopic (exact) mass is 387 g/mol. The Morgan fingerprint density at radius 1 is 1.33 bits per heavy atom. The number of rotatable bonds is 5. The van der Waals surface area contributed by atoms with Crippen molar-refractivity contribution in [3.8, 4) is 0 Å². The zero-order valence-electron chi connectivity index (χ0n) is 16.1. The summed E-state index contributed by atoms with van der Waals surface area (Å²) in [4.78, 5) is 20.1. The van der Waals surface area contributed by atoms with Gasteiger partial charge in [0.05, 0.1) is 11.6 Å². The molecule has 0 radical (unpaired) electrons. The molecule has 27 heavy (non-hydrogen) atoms. The maximum Gasteiger partial charge on any atom is 0.227 e. The number of carbonyl (C=O) groups excluding carboxylic acids is 1. The second-order valence-corrected chi connectivity index (χ2v) is 7.27. The summed E-state index contributed by atoms with van der Waals surface area (Å²) in [5, 5.41) is 4.12. The van der Waals surface area contributed by atoms with Crippen LogP contribution in [0.1, 0.15) is 24.1 Å². The van der Waals surface area contributed by atoms with Gasteiger partial charge < -0.3 is 19.7 Å². The average Bonchev–Trinajstić information content (AvgIpc) is 3.21. The predicted octanol–water partition coefficient (Wildman–Crippen LogP) is 3.01. The van der Waals surface area contributed by atoms with Gasteiger partial charge in [0.1, 0.15) is 0 Å². The van der Waals surface area contributed by atoms with Crippen LogP contribution in [0.3, 0.4) is 0 Å². The van der Waals surface area contributed by atoms with Gasteiger partial charge in [0.15, 0.2) is 5.96 Å². The highest BCUT2D eigenvalue weighted by Crippen LogP contribution is 2.21. The molecule has 0 bridgehead atoms. The molecule has 1 aliphatic rings. The average molecular weight is 388 g/mol. The van der Waals surface area contributed by atoms with Gasteiger partial charge in [-0.2, -0.15) is 0 Å². The van der Waals surface area contributed by atoms with E-state index in [0.29, 0.717) is 19.5 Å². The van der Waals surface area contributed by atoms with Crippen molar-refractivity contribution in [2.75, 3.05) is 25.5 Å². The van der Waals surface area contributed by atoms with Crippen LogP contribution in [0, 0.1) is 0 Å². The van der Waals surface area contributed by atoms with E-state index in [1.165, 1.54) is 0 Å². The van der Waals surface area contributed by atoms with Crippen molar-refractivity contribution in [3.63, 3.8) is 0 Å². The molecule has 3 rings (SSSR count). The van der Waals surface area contributed by atoms with Crippen LogP contribution in [0.15, 0.2) is 41.5 Å². The predicted molar refractivity (Wildman–Crippen MR) is 110 cm³/mol. The van der Waals surface area contributed by atoms with E-state index >= 15 is 0 Å². The van der Waals surface area contributed by atoms with Crippen molar-refractivity contribution in [2.24, 2.45) is 12.0 Å². The number of nitrogens with zero attached hydrogens (tertiary/aromatic N) is 4. The number of nitrogens with one attached hydrogen (secondary N) is 1. The fourth-order valence-corrected chi connectivity index (χ4v) is 3.59. The van der Waals surface area contributed by atoms with Gasteiger partial charge in [-0.05, 0) is 30.2 Å². The minimum absolute atomic E-state index is 0.212. The number of carbonyl (C=O) groups is 1. The van der Waals surface area contributed by atoms with Crippen molar-refractivity contribution in [1.29, 1.82) is 0 Å². The molecule has 0 spiro atoms. The van der Waals surface area contributed by atoms with Gasteiger partial charge in [-0.25, -0.2) is 0 Å². The van der Waals surface area contributed by atoms with Gasteiger partial charge in [-0.1, -0.05) is 23.7 Å². The highest BCUT2D eigenvalue weighted by Gasteiger charge is 2.21. The van der Waals surface area contributed by atoms with Crippen LogP contribution < -0.4 is 10.2 Å². The molecule has 1 amide bonds. The van der Waals surface area contributed by atoms with Gasteiger partial charge in [0, 0.05) is 58.2 Å². The molecule has 1 saturated heterocycles. The second-order valence-electron chi connectivity index (χ2n) is 6.83. The molecular weight excluding hydrogens is 362 g/mol. The maximum atomic E-state index is 11.8. The molecule has 1 aliphatic heterocycles. The number of halogens is 1. The van der Waals surface area contributed by atoms with E-state index in [1.807, 2.05) is 48.0 Å². The molecular formula is C20H26ClN5O. The van der Waals surface area contributed by atoms with E-state index in [9.17, 15) is 4.79 Å². The van der Waals surface area contributed by atoms with E-state index in [2.05, 4.69) is 27.3 Å². The van der Waals surface area contributed by atoms with E-state index < -0.39 is 0 Å².